The molecule has 3 N–H and O–H groups in total. The average Bonchev–Trinajstić information content (AvgIpc) is 2.51. The fourth-order valence-electron chi connectivity index (χ4n) is 2.05. The molecule has 118 valence electrons. The van der Waals surface area contributed by atoms with Crippen LogP contribution in [0.25, 0.3) is 11.0 Å². The topological polar surface area (TPSA) is 92.6 Å². The predicted molar refractivity (Wildman–Crippen MR) is 85.5 cm³/mol. The third-order valence-corrected chi connectivity index (χ3v) is 3.00. The van der Waals surface area contributed by atoms with Gasteiger partial charge >= 0.3 is 11.7 Å². The van der Waals surface area contributed by atoms with Crippen molar-refractivity contribution in [1.29, 1.82) is 0 Å². The van der Waals surface area contributed by atoms with Gasteiger partial charge in [-0.15, -0.1) is 0 Å². The summed E-state index contributed by atoms with van der Waals surface area (Å²) in [5.41, 5.74) is 0.511. The Morgan fingerprint density at radius 1 is 1.27 bits per heavy atom. The first-order chi connectivity index (χ1) is 10.7. The summed E-state index contributed by atoms with van der Waals surface area (Å²) in [6.45, 7) is 3.25. The number of carbonyl (C=O) groups excluding carboxylic acids is 1. The van der Waals surface area contributed by atoms with Crippen molar-refractivity contribution in [3.63, 3.8) is 0 Å². The average molecular weight is 305 g/mol. The highest BCUT2D eigenvalue weighted by Crippen LogP contribution is 2.28. The van der Waals surface area contributed by atoms with Gasteiger partial charge in [0.05, 0.1) is 12.3 Å². The van der Waals surface area contributed by atoms with E-state index in [1.807, 2.05) is 19.1 Å². The lowest BCUT2D eigenvalue weighted by atomic mass is 10.2. The van der Waals surface area contributed by atoms with E-state index in [9.17, 15) is 9.59 Å². The van der Waals surface area contributed by atoms with Crippen molar-refractivity contribution in [1.82, 2.24) is 5.32 Å². The van der Waals surface area contributed by atoms with Crippen LogP contribution in [0.1, 0.15) is 6.92 Å². The van der Waals surface area contributed by atoms with Gasteiger partial charge in [0.15, 0.2) is 5.69 Å². The number of nitrogens with one attached hydrogen (secondary N) is 3. The van der Waals surface area contributed by atoms with E-state index in [0.717, 1.165) is 5.39 Å². The molecule has 7 nitrogen and oxygen atoms in total. The molecule has 22 heavy (non-hydrogen) atoms. The van der Waals surface area contributed by atoms with Crippen LogP contribution >= 0.6 is 0 Å². The van der Waals surface area contributed by atoms with Crippen LogP contribution in [0.15, 0.2) is 33.5 Å². The van der Waals surface area contributed by atoms with E-state index in [0.29, 0.717) is 31.0 Å². The van der Waals surface area contributed by atoms with Crippen molar-refractivity contribution in [2.45, 2.75) is 6.92 Å². The molecule has 0 bridgehead atoms. The highest BCUT2D eigenvalue weighted by molar-refractivity contribution is 6.01. The molecule has 0 saturated carbocycles. The second-order valence-electron chi connectivity index (χ2n) is 4.54. The van der Waals surface area contributed by atoms with Gasteiger partial charge in [0, 0.05) is 25.6 Å². The van der Waals surface area contributed by atoms with Gasteiger partial charge in [-0.3, -0.25) is 5.32 Å². The number of benzene rings is 1. The molecule has 1 aromatic heterocycles. The van der Waals surface area contributed by atoms with Gasteiger partial charge in [0.1, 0.15) is 5.58 Å². The van der Waals surface area contributed by atoms with Crippen LogP contribution in [0.5, 0.6) is 0 Å². The third-order valence-electron chi connectivity index (χ3n) is 3.00. The second kappa shape index (κ2) is 7.46. The van der Waals surface area contributed by atoms with Crippen LogP contribution in [0.2, 0.25) is 0 Å². The molecule has 0 spiro atoms. The summed E-state index contributed by atoms with van der Waals surface area (Å²) in [6, 6.07) is 6.67. The van der Waals surface area contributed by atoms with E-state index in [4.69, 9.17) is 9.15 Å². The monoisotopic (exact) mass is 305 g/mol. The molecule has 2 aromatic rings. The number of ether oxygens (including phenoxy) is 1. The first-order valence-corrected chi connectivity index (χ1v) is 7.00. The largest absolute Gasteiger partial charge is 0.421 e. The van der Waals surface area contributed by atoms with Crippen LogP contribution in [0, 0.1) is 0 Å². The van der Waals surface area contributed by atoms with Crippen LogP contribution in [0.3, 0.4) is 0 Å². The minimum absolute atomic E-state index is 0.0930. The maximum atomic E-state index is 12.1. The predicted octanol–water partition coefficient (Wildman–Crippen LogP) is 1.99. The van der Waals surface area contributed by atoms with E-state index in [-0.39, 0.29) is 5.69 Å². The molecule has 7 heteroatoms. The summed E-state index contributed by atoms with van der Waals surface area (Å²) in [7, 11) is 1.54. The Morgan fingerprint density at radius 3 is 2.77 bits per heavy atom. The highest BCUT2D eigenvalue weighted by atomic mass is 16.5. The number of hydrogen-bond donors (Lipinski definition) is 3. The molecule has 2 amide bonds. The normalized spacial score (nSPS) is 10.5. The van der Waals surface area contributed by atoms with Crippen LogP contribution in [-0.2, 0) is 4.74 Å². The molecule has 2 rings (SSSR count). The quantitative estimate of drug-likeness (QED) is 0.560. The zero-order chi connectivity index (χ0) is 15.9. The van der Waals surface area contributed by atoms with Gasteiger partial charge < -0.3 is 19.8 Å². The minimum atomic E-state index is -0.600. The molecular formula is C15H19N3O4. The summed E-state index contributed by atoms with van der Waals surface area (Å²) in [5.74, 6) is 0. The number of fused-ring (bicyclic) bond motifs is 1. The first-order valence-electron chi connectivity index (χ1n) is 7.00. The number of methoxy groups -OCH3 is 1. The molecule has 1 heterocycles. The lowest BCUT2D eigenvalue weighted by Crippen LogP contribution is -2.33. The SMILES string of the molecule is CCNc1c(NC(=O)NCCOC)c(=O)oc2ccccc12. The van der Waals surface area contributed by atoms with Crippen molar-refractivity contribution < 1.29 is 13.9 Å². The molecule has 0 aliphatic carbocycles. The van der Waals surface area contributed by atoms with Gasteiger partial charge in [0.2, 0.25) is 0 Å². The molecule has 0 aliphatic heterocycles. The van der Waals surface area contributed by atoms with Crippen molar-refractivity contribution in [2.24, 2.45) is 0 Å². The van der Waals surface area contributed by atoms with Crippen molar-refractivity contribution in [3.05, 3.63) is 34.7 Å². The number of rotatable bonds is 6. The van der Waals surface area contributed by atoms with Gasteiger partial charge in [-0.25, -0.2) is 9.59 Å². The smallest absolute Gasteiger partial charge is 0.362 e. The van der Waals surface area contributed by atoms with E-state index < -0.39 is 11.7 Å². The summed E-state index contributed by atoms with van der Waals surface area (Å²) in [5, 5.41) is 8.97. The molecule has 0 radical (unpaired) electrons. The van der Waals surface area contributed by atoms with E-state index in [2.05, 4.69) is 16.0 Å². The third kappa shape index (κ3) is 3.56. The van der Waals surface area contributed by atoms with Crippen molar-refractivity contribution >= 4 is 28.4 Å². The molecule has 1 aromatic carbocycles. The number of anilines is 2. The standard InChI is InChI=1S/C15H19N3O4/c1-3-16-12-10-6-4-5-7-11(10)22-14(19)13(12)18-15(20)17-8-9-21-2/h4-7,16H,3,8-9H2,1-2H3,(H2,17,18,20). The molecule has 0 unspecified atom stereocenters. The fourth-order valence-corrected chi connectivity index (χ4v) is 2.05. The van der Waals surface area contributed by atoms with Gasteiger partial charge in [-0.2, -0.15) is 0 Å². The second-order valence-corrected chi connectivity index (χ2v) is 4.54. The number of urea groups is 1. The zero-order valence-electron chi connectivity index (χ0n) is 12.6. The number of amides is 2. The van der Waals surface area contributed by atoms with E-state index >= 15 is 0 Å². The first kappa shape index (κ1) is 15.8. The molecule has 0 aliphatic rings. The summed E-state index contributed by atoms with van der Waals surface area (Å²) in [4.78, 5) is 24.0. The lowest BCUT2D eigenvalue weighted by molar-refractivity contribution is 0.198. The zero-order valence-corrected chi connectivity index (χ0v) is 12.6. The summed E-state index contributed by atoms with van der Waals surface area (Å²) >= 11 is 0. The van der Waals surface area contributed by atoms with Crippen LogP contribution in [-0.4, -0.2) is 32.8 Å². The Kier molecular flexibility index (Phi) is 5.37. The Labute approximate surface area is 127 Å². The highest BCUT2D eigenvalue weighted by Gasteiger charge is 2.16. The van der Waals surface area contributed by atoms with Gasteiger partial charge in [-0.05, 0) is 19.1 Å². The van der Waals surface area contributed by atoms with Crippen molar-refractivity contribution in [3.8, 4) is 0 Å². The maximum Gasteiger partial charge on any atom is 0.362 e. The molecule has 0 saturated heterocycles. The molecular weight excluding hydrogens is 286 g/mol. The van der Waals surface area contributed by atoms with Gasteiger partial charge in [0.25, 0.3) is 0 Å². The van der Waals surface area contributed by atoms with Crippen LogP contribution < -0.4 is 21.6 Å². The van der Waals surface area contributed by atoms with E-state index in [1.165, 1.54) is 0 Å². The van der Waals surface area contributed by atoms with E-state index in [1.54, 1.807) is 19.2 Å². The fraction of sp³-hybridized carbons (Fsp3) is 0.333. The Morgan fingerprint density at radius 2 is 2.05 bits per heavy atom. The number of para-hydroxylation sites is 1. The number of hydrogen-bond acceptors (Lipinski definition) is 5. The molecule has 0 fully saturated rings. The molecule has 0 atom stereocenters. The Bertz CT molecular complexity index is 711. The van der Waals surface area contributed by atoms with Crippen molar-refractivity contribution in [2.75, 3.05) is 37.4 Å². The minimum Gasteiger partial charge on any atom is -0.421 e. The maximum absolute atomic E-state index is 12.1. The summed E-state index contributed by atoms with van der Waals surface area (Å²) in [6.07, 6.45) is 0. The Hall–Kier alpha value is -2.54. The lowest BCUT2D eigenvalue weighted by Gasteiger charge is -2.13. The van der Waals surface area contributed by atoms with Gasteiger partial charge in [-0.1, -0.05) is 12.1 Å². The van der Waals surface area contributed by atoms with Crippen LogP contribution in [0.4, 0.5) is 16.2 Å². The Balaban J connectivity index is 2.35. The summed E-state index contributed by atoms with van der Waals surface area (Å²) < 4.78 is 10.1. The number of carbonyl (C=O) groups is 1.